The molecule has 4 rings (SSSR count). The summed E-state index contributed by atoms with van der Waals surface area (Å²) < 4.78 is 35.3. The number of sulfonamides is 1. The minimum atomic E-state index is -3.54. The van der Waals surface area contributed by atoms with E-state index in [9.17, 15) is 8.42 Å². The molecule has 2 aromatic carbocycles. The molecule has 0 spiro atoms. The zero-order valence-electron chi connectivity index (χ0n) is 14.1. The van der Waals surface area contributed by atoms with Crippen LogP contribution in [-0.4, -0.2) is 30.6 Å². The molecule has 1 aliphatic rings. The normalized spacial score (nSPS) is 17.0. The van der Waals surface area contributed by atoms with Crippen LogP contribution in [0.15, 0.2) is 71.8 Å². The third kappa shape index (κ3) is 3.41. The summed E-state index contributed by atoms with van der Waals surface area (Å²) in [6.07, 6.45) is 1.59. The lowest BCUT2D eigenvalue weighted by Crippen LogP contribution is -2.38. The third-order valence-electron chi connectivity index (χ3n) is 4.40. The average Bonchev–Trinajstić information content (AvgIpc) is 3.11. The van der Waals surface area contributed by atoms with Crippen LogP contribution in [0.3, 0.4) is 0 Å². The van der Waals surface area contributed by atoms with Crippen molar-refractivity contribution in [2.75, 3.05) is 6.54 Å². The molecule has 0 fully saturated rings. The predicted molar refractivity (Wildman–Crippen MR) is 97.9 cm³/mol. The number of rotatable bonds is 5. The molecule has 1 aromatic heterocycles. The van der Waals surface area contributed by atoms with Gasteiger partial charge >= 0.3 is 0 Å². The van der Waals surface area contributed by atoms with Crippen LogP contribution < -0.4 is 4.72 Å². The topological polar surface area (TPSA) is 73.2 Å². The Labute approximate surface area is 152 Å². The fourth-order valence-electron chi connectivity index (χ4n) is 3.03. The van der Waals surface area contributed by atoms with Crippen LogP contribution in [0.2, 0.25) is 0 Å². The van der Waals surface area contributed by atoms with Crippen molar-refractivity contribution < 1.29 is 13.2 Å². The van der Waals surface area contributed by atoms with Crippen molar-refractivity contribution in [2.45, 2.75) is 24.2 Å². The van der Waals surface area contributed by atoms with Gasteiger partial charge in [-0.1, -0.05) is 48.5 Å². The van der Waals surface area contributed by atoms with Crippen molar-refractivity contribution in [3.63, 3.8) is 0 Å². The number of hydrogen-bond donors (Lipinski definition) is 1. The van der Waals surface area contributed by atoms with Crippen molar-refractivity contribution in [3.05, 3.63) is 72.7 Å². The van der Waals surface area contributed by atoms with Crippen molar-refractivity contribution in [3.8, 4) is 11.3 Å². The fraction of sp³-hybridized carbons (Fsp3) is 0.211. The van der Waals surface area contributed by atoms with E-state index in [2.05, 4.69) is 14.3 Å². The molecule has 0 radical (unpaired) electrons. The minimum absolute atomic E-state index is 0.211. The van der Waals surface area contributed by atoms with Gasteiger partial charge in [-0.15, -0.1) is 0 Å². The average molecular weight is 369 g/mol. The Bertz CT molecular complexity index is 985. The van der Waals surface area contributed by atoms with Crippen LogP contribution in [0.5, 0.6) is 0 Å². The van der Waals surface area contributed by atoms with E-state index in [-0.39, 0.29) is 17.5 Å². The molecule has 134 valence electrons. The molecule has 3 aromatic rings. The van der Waals surface area contributed by atoms with Gasteiger partial charge in [0.25, 0.3) is 0 Å². The molecule has 7 heteroatoms. The van der Waals surface area contributed by atoms with E-state index in [1.54, 1.807) is 30.3 Å². The number of benzene rings is 2. The van der Waals surface area contributed by atoms with Crippen LogP contribution in [0.25, 0.3) is 11.3 Å². The van der Waals surface area contributed by atoms with E-state index in [1.807, 2.05) is 36.5 Å². The summed E-state index contributed by atoms with van der Waals surface area (Å²) in [4.78, 5) is 4.68. The lowest BCUT2D eigenvalue weighted by molar-refractivity contribution is 0.00634. The van der Waals surface area contributed by atoms with Gasteiger partial charge in [0.15, 0.2) is 0 Å². The number of imidazole rings is 1. The Morgan fingerprint density at radius 3 is 2.50 bits per heavy atom. The summed E-state index contributed by atoms with van der Waals surface area (Å²) >= 11 is 0. The molecule has 0 bridgehead atoms. The smallest absolute Gasteiger partial charge is 0.240 e. The summed E-state index contributed by atoms with van der Waals surface area (Å²) in [7, 11) is -3.54. The second-order valence-corrected chi connectivity index (χ2v) is 7.90. The Morgan fingerprint density at radius 1 is 1.08 bits per heavy atom. The molecule has 0 saturated carbocycles. The van der Waals surface area contributed by atoms with E-state index >= 15 is 0 Å². The Kier molecular flexibility index (Phi) is 4.58. The largest absolute Gasteiger partial charge is 0.367 e. The van der Waals surface area contributed by atoms with Crippen LogP contribution in [-0.2, 0) is 27.9 Å². The van der Waals surface area contributed by atoms with Gasteiger partial charge in [-0.3, -0.25) is 0 Å². The van der Waals surface area contributed by atoms with Gasteiger partial charge in [0.1, 0.15) is 12.4 Å². The number of fused-ring (bicyclic) bond motifs is 1. The molecular weight excluding hydrogens is 350 g/mol. The molecule has 6 nitrogen and oxygen atoms in total. The molecule has 0 aliphatic carbocycles. The Balaban J connectivity index is 1.48. The number of nitrogens with zero attached hydrogens (tertiary/aromatic N) is 2. The van der Waals surface area contributed by atoms with Crippen molar-refractivity contribution in [2.24, 2.45) is 0 Å². The van der Waals surface area contributed by atoms with Crippen molar-refractivity contribution in [1.82, 2.24) is 14.3 Å². The highest BCUT2D eigenvalue weighted by Crippen LogP contribution is 2.24. The molecule has 1 atom stereocenters. The summed E-state index contributed by atoms with van der Waals surface area (Å²) in [6, 6.07) is 18.4. The zero-order chi connectivity index (χ0) is 18.0. The van der Waals surface area contributed by atoms with E-state index in [0.717, 1.165) is 17.1 Å². The first-order valence-corrected chi connectivity index (χ1v) is 9.88. The third-order valence-corrected chi connectivity index (χ3v) is 5.84. The molecule has 0 unspecified atom stereocenters. The standard InChI is InChI=1S/C19H19N3O3S/c23-26(24,17-9-5-2-6-10-17)21-11-16-13-22-18(12-20-19(22)14-25-16)15-7-3-1-4-8-15/h1-10,12,16,21H,11,13-14H2/t16-/m0/s1. The molecule has 26 heavy (non-hydrogen) atoms. The lowest BCUT2D eigenvalue weighted by atomic mass is 10.1. The van der Waals surface area contributed by atoms with Crippen molar-refractivity contribution >= 4 is 10.0 Å². The Hall–Kier alpha value is -2.48. The maximum atomic E-state index is 12.4. The van der Waals surface area contributed by atoms with E-state index in [0.29, 0.717) is 13.2 Å². The van der Waals surface area contributed by atoms with Crippen molar-refractivity contribution in [1.29, 1.82) is 0 Å². The summed E-state index contributed by atoms with van der Waals surface area (Å²) in [5, 5.41) is 0. The van der Waals surface area contributed by atoms with Gasteiger partial charge in [-0.05, 0) is 17.7 Å². The zero-order valence-corrected chi connectivity index (χ0v) is 14.9. The molecule has 1 aliphatic heterocycles. The van der Waals surface area contributed by atoms with Crippen LogP contribution in [0, 0.1) is 0 Å². The lowest BCUT2D eigenvalue weighted by Gasteiger charge is -2.26. The SMILES string of the molecule is O=S(=O)(NC[C@H]1Cn2c(-c3ccccc3)cnc2CO1)c1ccccc1. The summed E-state index contributed by atoms with van der Waals surface area (Å²) in [6.45, 7) is 1.13. The first-order valence-electron chi connectivity index (χ1n) is 8.39. The fourth-order valence-corrected chi connectivity index (χ4v) is 4.12. The first kappa shape index (κ1) is 17.0. The van der Waals surface area contributed by atoms with Gasteiger partial charge in [-0.25, -0.2) is 18.1 Å². The van der Waals surface area contributed by atoms with Gasteiger partial charge in [0.05, 0.1) is 29.4 Å². The molecular formula is C19H19N3O3S. The monoisotopic (exact) mass is 369 g/mol. The second kappa shape index (κ2) is 7.03. The van der Waals surface area contributed by atoms with Crippen LogP contribution in [0.1, 0.15) is 5.82 Å². The number of ether oxygens (including phenoxy) is 1. The highest BCUT2D eigenvalue weighted by Gasteiger charge is 2.24. The molecule has 2 heterocycles. The van der Waals surface area contributed by atoms with Gasteiger partial charge in [0, 0.05) is 6.54 Å². The number of hydrogen-bond acceptors (Lipinski definition) is 4. The molecule has 0 amide bonds. The molecule has 0 saturated heterocycles. The summed E-state index contributed by atoms with van der Waals surface area (Å²) in [5.74, 6) is 0.853. The number of aromatic nitrogens is 2. The second-order valence-electron chi connectivity index (χ2n) is 6.13. The Morgan fingerprint density at radius 2 is 1.77 bits per heavy atom. The van der Waals surface area contributed by atoms with Gasteiger partial charge in [-0.2, -0.15) is 0 Å². The number of nitrogens with one attached hydrogen (secondary N) is 1. The maximum absolute atomic E-state index is 12.4. The minimum Gasteiger partial charge on any atom is -0.367 e. The maximum Gasteiger partial charge on any atom is 0.240 e. The van der Waals surface area contributed by atoms with E-state index in [1.165, 1.54) is 0 Å². The van der Waals surface area contributed by atoms with Crippen LogP contribution in [0.4, 0.5) is 0 Å². The van der Waals surface area contributed by atoms with E-state index in [4.69, 9.17) is 4.74 Å². The van der Waals surface area contributed by atoms with E-state index < -0.39 is 10.0 Å². The van der Waals surface area contributed by atoms with Gasteiger partial charge < -0.3 is 9.30 Å². The molecule has 1 N–H and O–H groups in total. The van der Waals surface area contributed by atoms with Crippen LogP contribution >= 0.6 is 0 Å². The summed E-state index contributed by atoms with van der Waals surface area (Å²) in [5.41, 5.74) is 2.09. The predicted octanol–water partition coefficient (Wildman–Crippen LogP) is 2.43. The highest BCUT2D eigenvalue weighted by molar-refractivity contribution is 7.89. The first-order chi connectivity index (χ1) is 12.6. The highest BCUT2D eigenvalue weighted by atomic mass is 32.2. The van der Waals surface area contributed by atoms with Gasteiger partial charge in [0.2, 0.25) is 10.0 Å². The quantitative estimate of drug-likeness (QED) is 0.750.